The van der Waals surface area contributed by atoms with Crippen molar-refractivity contribution >= 4 is 28.7 Å². The number of benzene rings is 2. The monoisotopic (exact) mass is 391 g/mol. The van der Waals surface area contributed by atoms with Crippen LogP contribution in [0, 0.1) is 13.8 Å². The molecule has 0 saturated carbocycles. The Balaban J connectivity index is 1.83. The molecule has 1 heterocycles. The van der Waals surface area contributed by atoms with Gasteiger partial charge in [-0.25, -0.2) is 9.97 Å². The van der Waals surface area contributed by atoms with Crippen molar-refractivity contribution in [2.45, 2.75) is 27.7 Å². The van der Waals surface area contributed by atoms with E-state index in [1.54, 1.807) is 7.11 Å². The Labute approximate surface area is 173 Å². The summed E-state index contributed by atoms with van der Waals surface area (Å²) in [7, 11) is 1.66. The van der Waals surface area contributed by atoms with Crippen LogP contribution in [0.2, 0.25) is 0 Å². The van der Waals surface area contributed by atoms with Crippen molar-refractivity contribution in [1.82, 2.24) is 9.97 Å². The molecule has 0 aliphatic heterocycles. The van der Waals surface area contributed by atoms with Crippen molar-refractivity contribution in [2.75, 3.05) is 35.7 Å². The van der Waals surface area contributed by atoms with E-state index in [0.29, 0.717) is 11.6 Å². The molecule has 0 bridgehead atoms. The van der Waals surface area contributed by atoms with Crippen molar-refractivity contribution in [3.8, 4) is 5.75 Å². The number of para-hydroxylation sites is 2. The first-order valence-electron chi connectivity index (χ1n) is 9.92. The molecule has 3 rings (SSSR count). The van der Waals surface area contributed by atoms with Gasteiger partial charge >= 0.3 is 0 Å². The Morgan fingerprint density at radius 2 is 1.52 bits per heavy atom. The largest absolute Gasteiger partial charge is 0.495 e. The van der Waals surface area contributed by atoms with Gasteiger partial charge in [-0.05, 0) is 63.6 Å². The van der Waals surface area contributed by atoms with Crippen LogP contribution in [0.3, 0.4) is 0 Å². The van der Waals surface area contributed by atoms with Crippen LogP contribution < -0.4 is 20.3 Å². The summed E-state index contributed by atoms with van der Waals surface area (Å²) < 4.78 is 5.41. The molecule has 152 valence electrons. The quantitative estimate of drug-likeness (QED) is 0.533. The number of nitrogens with zero attached hydrogens (tertiary/aromatic N) is 3. The number of ether oxygens (including phenoxy) is 1. The molecule has 0 aliphatic carbocycles. The maximum atomic E-state index is 5.41. The number of anilines is 5. The Hall–Kier alpha value is -3.28. The van der Waals surface area contributed by atoms with E-state index in [9.17, 15) is 0 Å². The van der Waals surface area contributed by atoms with Crippen molar-refractivity contribution < 1.29 is 4.74 Å². The molecule has 29 heavy (non-hydrogen) atoms. The molecule has 6 heteroatoms. The molecule has 0 aliphatic rings. The number of aromatic nitrogens is 2. The molecular formula is C23H29N5O. The third kappa shape index (κ3) is 4.96. The van der Waals surface area contributed by atoms with Crippen LogP contribution in [0.25, 0.3) is 0 Å². The summed E-state index contributed by atoms with van der Waals surface area (Å²) in [5, 5.41) is 6.75. The van der Waals surface area contributed by atoms with Crippen LogP contribution in [0.5, 0.6) is 5.75 Å². The summed E-state index contributed by atoms with van der Waals surface area (Å²) >= 11 is 0. The molecule has 1 aromatic heterocycles. The predicted octanol–water partition coefficient (Wildman–Crippen LogP) is 5.44. The highest BCUT2D eigenvalue weighted by Crippen LogP contribution is 2.29. The molecule has 3 aromatic rings. The first kappa shape index (κ1) is 20.5. The number of nitrogens with one attached hydrogen (secondary N) is 2. The van der Waals surface area contributed by atoms with Crippen molar-refractivity contribution in [3.63, 3.8) is 0 Å². The number of rotatable bonds is 8. The van der Waals surface area contributed by atoms with Gasteiger partial charge in [-0.15, -0.1) is 0 Å². The summed E-state index contributed by atoms with van der Waals surface area (Å²) in [6, 6.07) is 16.1. The lowest BCUT2D eigenvalue weighted by Crippen LogP contribution is -2.21. The summed E-state index contributed by atoms with van der Waals surface area (Å²) in [5.41, 5.74) is 4.29. The predicted molar refractivity (Wildman–Crippen MR) is 121 cm³/mol. The minimum Gasteiger partial charge on any atom is -0.495 e. The highest BCUT2D eigenvalue weighted by molar-refractivity contribution is 5.69. The smallest absolute Gasteiger partial charge is 0.142 e. The van der Waals surface area contributed by atoms with E-state index in [-0.39, 0.29) is 0 Å². The summed E-state index contributed by atoms with van der Waals surface area (Å²) in [6.45, 7) is 10.3. The normalized spacial score (nSPS) is 10.5. The fourth-order valence-electron chi connectivity index (χ4n) is 3.29. The third-order valence-corrected chi connectivity index (χ3v) is 4.81. The van der Waals surface area contributed by atoms with Crippen molar-refractivity contribution in [1.29, 1.82) is 0 Å². The molecule has 0 saturated heterocycles. The molecule has 0 amide bonds. The van der Waals surface area contributed by atoms with E-state index in [1.807, 2.05) is 37.3 Å². The second-order valence-corrected chi connectivity index (χ2v) is 6.81. The van der Waals surface area contributed by atoms with Crippen LogP contribution >= 0.6 is 0 Å². The Morgan fingerprint density at radius 1 is 0.862 bits per heavy atom. The lowest BCUT2D eigenvalue weighted by molar-refractivity contribution is 0.417. The fraction of sp³-hybridized carbons (Fsp3) is 0.304. The van der Waals surface area contributed by atoms with Crippen LogP contribution in [0.15, 0.2) is 48.5 Å². The molecule has 0 radical (unpaired) electrons. The van der Waals surface area contributed by atoms with E-state index in [2.05, 4.69) is 64.5 Å². The fourth-order valence-corrected chi connectivity index (χ4v) is 3.29. The highest BCUT2D eigenvalue weighted by Gasteiger charge is 2.09. The van der Waals surface area contributed by atoms with Gasteiger partial charge in [0, 0.05) is 30.5 Å². The maximum Gasteiger partial charge on any atom is 0.142 e. The SMILES string of the molecule is CCN(CC)c1ccc(Nc2cc(Nc3ccccc3OC)nc(C)n2)c(C)c1. The average Bonchev–Trinajstić information content (AvgIpc) is 2.71. The number of aryl methyl sites for hydroxylation is 2. The van der Waals surface area contributed by atoms with Crippen LogP contribution in [-0.2, 0) is 0 Å². The molecule has 0 spiro atoms. The topological polar surface area (TPSA) is 62.3 Å². The van der Waals surface area contributed by atoms with Gasteiger partial charge in [-0.3, -0.25) is 0 Å². The van der Waals surface area contributed by atoms with Crippen LogP contribution in [0.1, 0.15) is 25.2 Å². The molecular weight excluding hydrogens is 362 g/mol. The third-order valence-electron chi connectivity index (χ3n) is 4.81. The molecule has 0 atom stereocenters. The van der Waals surface area contributed by atoms with E-state index < -0.39 is 0 Å². The molecule has 0 unspecified atom stereocenters. The van der Waals surface area contributed by atoms with Gasteiger partial charge in [-0.1, -0.05) is 12.1 Å². The maximum absolute atomic E-state index is 5.41. The molecule has 0 fully saturated rings. The zero-order valence-corrected chi connectivity index (χ0v) is 17.8. The van der Waals surface area contributed by atoms with Crippen LogP contribution in [-0.4, -0.2) is 30.2 Å². The van der Waals surface area contributed by atoms with Gasteiger partial charge in [0.05, 0.1) is 12.8 Å². The van der Waals surface area contributed by atoms with Crippen molar-refractivity contribution in [2.24, 2.45) is 0 Å². The van der Waals surface area contributed by atoms with Gasteiger partial charge in [0.15, 0.2) is 0 Å². The lowest BCUT2D eigenvalue weighted by atomic mass is 10.1. The molecule has 2 N–H and O–H groups in total. The van der Waals surface area contributed by atoms with Gasteiger partial charge in [0.2, 0.25) is 0 Å². The van der Waals surface area contributed by atoms with Crippen LogP contribution in [0.4, 0.5) is 28.7 Å². The minimum absolute atomic E-state index is 0.685. The number of methoxy groups -OCH3 is 1. The summed E-state index contributed by atoms with van der Waals surface area (Å²) in [4.78, 5) is 11.4. The standard InChI is InChI=1S/C23H29N5O/c1-6-28(7-2)18-12-13-19(16(3)14-18)26-22-15-23(25-17(4)24-22)27-20-10-8-9-11-21(20)29-5/h8-15H,6-7H2,1-5H3,(H2,24,25,26,27). The zero-order valence-electron chi connectivity index (χ0n) is 17.8. The first-order chi connectivity index (χ1) is 14.0. The van der Waals surface area contributed by atoms with Crippen molar-refractivity contribution in [3.05, 3.63) is 59.9 Å². The highest BCUT2D eigenvalue weighted by atomic mass is 16.5. The van der Waals surface area contributed by atoms with E-state index in [1.165, 1.54) is 11.3 Å². The zero-order chi connectivity index (χ0) is 20.8. The van der Waals surface area contributed by atoms with E-state index >= 15 is 0 Å². The second-order valence-electron chi connectivity index (χ2n) is 6.81. The average molecular weight is 392 g/mol. The second kappa shape index (κ2) is 9.28. The molecule has 6 nitrogen and oxygen atoms in total. The Morgan fingerprint density at radius 3 is 2.14 bits per heavy atom. The van der Waals surface area contributed by atoms with Gasteiger partial charge in [0.25, 0.3) is 0 Å². The van der Waals surface area contributed by atoms with Gasteiger partial charge in [-0.2, -0.15) is 0 Å². The van der Waals surface area contributed by atoms with Gasteiger partial charge in [0.1, 0.15) is 23.2 Å². The molecule has 2 aromatic carbocycles. The number of hydrogen-bond donors (Lipinski definition) is 2. The Kier molecular flexibility index (Phi) is 6.54. The Bertz CT molecular complexity index is 969. The lowest BCUT2D eigenvalue weighted by Gasteiger charge is -2.22. The minimum atomic E-state index is 0.685. The first-order valence-corrected chi connectivity index (χ1v) is 9.92. The number of hydrogen-bond acceptors (Lipinski definition) is 6. The summed E-state index contributed by atoms with van der Waals surface area (Å²) in [6.07, 6.45) is 0. The van der Waals surface area contributed by atoms with E-state index in [0.717, 1.165) is 36.0 Å². The summed E-state index contributed by atoms with van der Waals surface area (Å²) in [5.74, 6) is 2.90. The van der Waals surface area contributed by atoms with Gasteiger partial charge < -0.3 is 20.3 Å². The van der Waals surface area contributed by atoms with E-state index in [4.69, 9.17) is 4.74 Å².